The molecular weight excluding hydrogens is 698 g/mol. The lowest BCUT2D eigenvalue weighted by Gasteiger charge is -2.36. The third kappa shape index (κ3) is 9.92. The molecule has 4 rings (SSSR count). The number of ether oxygens (including phenoxy) is 3. The van der Waals surface area contributed by atoms with Crippen LogP contribution in [0.25, 0.3) is 0 Å². The Labute approximate surface area is 283 Å². The first-order valence-electron chi connectivity index (χ1n) is 14.6. The number of phenolic OH excluding ortho intramolecular Hbond substituents is 1. The van der Waals surface area contributed by atoms with Crippen molar-refractivity contribution in [2.75, 3.05) is 20.3 Å². The first-order valence-corrected chi connectivity index (χ1v) is 16.2. The summed E-state index contributed by atoms with van der Waals surface area (Å²) in [5.41, 5.74) is 1.96. The van der Waals surface area contributed by atoms with Gasteiger partial charge < -0.3 is 40.4 Å². The maximum absolute atomic E-state index is 13.3. The summed E-state index contributed by atoms with van der Waals surface area (Å²) in [6.45, 7) is 0.458. The number of carbonyl (C=O) groups excluding carboxylic acids is 4. The van der Waals surface area contributed by atoms with Crippen LogP contribution in [-0.2, 0) is 32.1 Å². The molecule has 3 N–H and O–H groups in total. The highest BCUT2D eigenvalue weighted by Gasteiger charge is 2.39. The third-order valence-corrected chi connectivity index (χ3v) is 8.97. The number of rotatable bonds is 14. The molecule has 3 aromatic rings. The zero-order valence-corrected chi connectivity index (χ0v) is 27.7. The number of benzene rings is 3. The summed E-state index contributed by atoms with van der Waals surface area (Å²) in [6.07, 6.45) is 0.103. The second-order valence-corrected chi connectivity index (χ2v) is 12.6. The molecule has 3 amide bonds. The first kappa shape index (κ1) is 35.7. The summed E-state index contributed by atoms with van der Waals surface area (Å²) < 4.78 is 14.0. The fourth-order valence-electron chi connectivity index (χ4n) is 4.70. The van der Waals surface area contributed by atoms with E-state index in [-0.39, 0.29) is 49.7 Å². The predicted molar refractivity (Wildman–Crippen MR) is 176 cm³/mol. The Hall–Kier alpha value is -4.15. The largest absolute Gasteiger partial charge is 0.612 e. The number of unbranched alkanes of at least 4 members (excludes halogenated alkanes) is 1. The van der Waals surface area contributed by atoms with E-state index >= 15 is 0 Å². The molecule has 1 fully saturated rings. The molecule has 15 heteroatoms. The van der Waals surface area contributed by atoms with Crippen LogP contribution < -0.4 is 15.4 Å². The fourth-order valence-corrected chi connectivity index (χ4v) is 6.62. The minimum Gasteiger partial charge on any atom is -0.612 e. The summed E-state index contributed by atoms with van der Waals surface area (Å²) in [6, 6.07) is 17.6. The van der Waals surface area contributed by atoms with E-state index in [1.54, 1.807) is 36.4 Å². The number of methoxy groups -OCH3 is 1. The lowest BCUT2D eigenvalue weighted by Crippen LogP contribution is -2.48. The van der Waals surface area contributed by atoms with Crippen molar-refractivity contribution in [1.29, 1.82) is 0 Å². The van der Waals surface area contributed by atoms with E-state index in [1.807, 2.05) is 18.2 Å². The van der Waals surface area contributed by atoms with Crippen molar-refractivity contribution in [1.82, 2.24) is 10.6 Å². The van der Waals surface area contributed by atoms with E-state index < -0.39 is 39.4 Å². The van der Waals surface area contributed by atoms with E-state index in [2.05, 4.69) is 26.6 Å². The highest BCUT2D eigenvalue weighted by atomic mass is 79.9. The van der Waals surface area contributed by atoms with Gasteiger partial charge in [-0.2, -0.15) is 0 Å². The number of hydrogen-bond donors (Lipinski definition) is 3. The van der Waals surface area contributed by atoms with Crippen molar-refractivity contribution >= 4 is 51.8 Å². The molecule has 0 bridgehead atoms. The molecule has 13 nitrogen and oxygen atoms in total. The number of hydroxylamine groups is 2. The van der Waals surface area contributed by atoms with Gasteiger partial charge in [-0.15, -0.1) is 0 Å². The molecule has 1 aliphatic heterocycles. The number of phenols is 1. The van der Waals surface area contributed by atoms with E-state index in [0.717, 1.165) is 5.56 Å². The van der Waals surface area contributed by atoms with Crippen LogP contribution in [-0.4, -0.2) is 59.5 Å². The van der Waals surface area contributed by atoms with Crippen molar-refractivity contribution in [2.45, 2.75) is 43.6 Å². The number of hydrogen-bond acceptors (Lipinski definition) is 11. The summed E-state index contributed by atoms with van der Waals surface area (Å²) >= 11 is 3.91. The van der Waals surface area contributed by atoms with Crippen LogP contribution in [0.2, 0.25) is 0 Å². The Bertz CT molecular complexity index is 1590. The van der Waals surface area contributed by atoms with Crippen LogP contribution in [0.3, 0.4) is 0 Å². The average Bonchev–Trinajstić information content (AvgIpc) is 3.32. The molecule has 1 saturated heterocycles. The molecule has 1 heterocycles. The smallest absolute Gasteiger partial charge is 0.408 e. The van der Waals surface area contributed by atoms with Gasteiger partial charge >= 0.3 is 18.0 Å². The average molecular weight is 732 g/mol. The summed E-state index contributed by atoms with van der Waals surface area (Å²) in [5.74, 6) is -2.23. The number of aromatic hydroxyl groups is 1. The molecule has 3 aromatic carbocycles. The Morgan fingerprint density at radius 1 is 1.06 bits per heavy atom. The van der Waals surface area contributed by atoms with Crippen molar-refractivity contribution in [2.24, 2.45) is 0 Å². The van der Waals surface area contributed by atoms with Crippen LogP contribution in [0.4, 0.5) is 4.79 Å². The van der Waals surface area contributed by atoms with Gasteiger partial charge in [-0.25, -0.2) is 14.4 Å². The molecule has 2 atom stereocenters. The lowest BCUT2D eigenvalue weighted by atomic mass is 10.0. The molecule has 0 radical (unpaired) electrons. The zero-order chi connectivity index (χ0) is 34.0. The number of halogens is 1. The molecule has 0 saturated carbocycles. The summed E-state index contributed by atoms with van der Waals surface area (Å²) in [7, 11) is 1.20. The number of quaternary nitrogens is 1. The van der Waals surface area contributed by atoms with Crippen LogP contribution in [0, 0.1) is 10.4 Å². The molecule has 47 heavy (non-hydrogen) atoms. The van der Waals surface area contributed by atoms with Gasteiger partial charge in [0, 0.05) is 17.4 Å². The molecule has 0 spiro atoms. The number of amides is 3. The van der Waals surface area contributed by atoms with Gasteiger partial charge in [0.25, 0.3) is 0 Å². The third-order valence-electron chi connectivity index (χ3n) is 7.13. The molecule has 1 unspecified atom stereocenters. The molecule has 1 aliphatic rings. The van der Waals surface area contributed by atoms with Gasteiger partial charge in [-0.05, 0) is 47.7 Å². The normalized spacial score (nSPS) is 15.8. The van der Waals surface area contributed by atoms with Gasteiger partial charge in [-0.3, -0.25) is 9.01 Å². The van der Waals surface area contributed by atoms with Gasteiger partial charge in [-0.1, -0.05) is 64.5 Å². The van der Waals surface area contributed by atoms with E-state index in [4.69, 9.17) is 14.2 Å². The van der Waals surface area contributed by atoms with Crippen molar-refractivity contribution < 1.29 is 42.7 Å². The van der Waals surface area contributed by atoms with Gasteiger partial charge in [0.05, 0.1) is 37.3 Å². The van der Waals surface area contributed by atoms with Crippen LogP contribution in [0.1, 0.15) is 51.6 Å². The number of esters is 1. The van der Waals surface area contributed by atoms with Crippen molar-refractivity contribution in [3.8, 4) is 11.5 Å². The maximum atomic E-state index is 13.3. The van der Waals surface area contributed by atoms with Crippen LogP contribution in [0.15, 0.2) is 71.2 Å². The Morgan fingerprint density at radius 3 is 2.51 bits per heavy atom. The number of carbonyl (C=O) groups is 4. The highest BCUT2D eigenvalue weighted by molar-refractivity contribution is 9.10. The molecule has 0 aliphatic carbocycles. The van der Waals surface area contributed by atoms with Gasteiger partial charge in [0.1, 0.15) is 29.7 Å². The Morgan fingerprint density at radius 2 is 1.83 bits per heavy atom. The minimum absolute atomic E-state index is 0.00927. The van der Waals surface area contributed by atoms with E-state index in [1.165, 1.54) is 19.2 Å². The molecule has 250 valence electrons. The molecular formula is C32H33BrN3O10S-. The quantitative estimate of drug-likeness (QED) is 0.0652. The van der Waals surface area contributed by atoms with E-state index in [0.29, 0.717) is 40.4 Å². The standard InChI is InChI=1S/C32H33BrN3O10S/c1-44-31(40)29-25(37)10-7-11-26(29)45-15-6-5-14-34-30(39)24(35-32(41)46-19-20-8-3-2-4-9-20)17-21-12-13-22(23(33)16-21)27-18-28(38)36(42,43)47-27/h2-4,7-13,16,24,27,37H,5-6,14-15,17-19H2,1H3,(H,34,39)(H,35,41)/q-1/t24-,27?/m0/s1. The van der Waals surface area contributed by atoms with E-state index in [9.17, 15) is 34.7 Å². The highest BCUT2D eigenvalue weighted by Crippen LogP contribution is 2.48. The second-order valence-electron chi connectivity index (χ2n) is 10.5. The topological polar surface area (TPSA) is 186 Å². The SMILES string of the molecule is COC(=O)c1c(O)cccc1OCCCCNC(=O)[C@H](Cc1ccc(C2CC(=O)[N+]([O-])([O-])S2)c(Br)c1)NC(=O)OCc1ccccc1. The van der Waals surface area contributed by atoms with Gasteiger partial charge in [0.2, 0.25) is 5.91 Å². The Kier molecular flexibility index (Phi) is 12.6. The van der Waals surface area contributed by atoms with Crippen molar-refractivity contribution in [3.63, 3.8) is 0 Å². The van der Waals surface area contributed by atoms with Gasteiger partial charge in [0.15, 0.2) is 0 Å². The number of nitrogens with one attached hydrogen (secondary N) is 2. The number of alkyl carbamates (subject to hydrolysis) is 1. The minimum atomic E-state index is -2.24. The monoisotopic (exact) mass is 730 g/mol. The Balaban J connectivity index is 1.35. The first-order chi connectivity index (χ1) is 22.5. The predicted octanol–water partition coefficient (Wildman–Crippen LogP) is 5.19. The maximum Gasteiger partial charge on any atom is 0.408 e. The van der Waals surface area contributed by atoms with Crippen LogP contribution in [0.5, 0.6) is 11.5 Å². The summed E-state index contributed by atoms with van der Waals surface area (Å²) in [5, 5.41) is 38.4. The lowest BCUT2D eigenvalue weighted by molar-refractivity contribution is -0.593. The fraction of sp³-hybridized carbons (Fsp3) is 0.312. The molecule has 0 aromatic heterocycles. The number of nitrogens with zero attached hydrogens (tertiary/aromatic N) is 1. The zero-order valence-electron chi connectivity index (χ0n) is 25.3. The van der Waals surface area contributed by atoms with Crippen molar-refractivity contribution in [3.05, 3.63) is 104 Å². The second kappa shape index (κ2) is 16.6. The van der Waals surface area contributed by atoms with Crippen LogP contribution >= 0.6 is 27.9 Å². The summed E-state index contributed by atoms with van der Waals surface area (Å²) in [4.78, 5) is 49.7.